The van der Waals surface area contributed by atoms with Gasteiger partial charge in [-0.3, -0.25) is 0 Å². The smallest absolute Gasteiger partial charge is 0.212 e. The average molecular weight is 288 g/mol. The first-order chi connectivity index (χ1) is 9.63. The highest BCUT2D eigenvalue weighted by atomic mass is 35.5. The van der Waals surface area contributed by atoms with E-state index >= 15 is 0 Å². The van der Waals surface area contributed by atoms with Crippen molar-refractivity contribution in [1.29, 1.82) is 0 Å². The summed E-state index contributed by atoms with van der Waals surface area (Å²) >= 11 is 5.92. The third-order valence-electron chi connectivity index (χ3n) is 2.93. The summed E-state index contributed by atoms with van der Waals surface area (Å²) in [5, 5.41) is 4.32. The van der Waals surface area contributed by atoms with Gasteiger partial charge in [-0.1, -0.05) is 23.8 Å². The van der Waals surface area contributed by atoms with E-state index in [1.54, 1.807) is 16.8 Å². The van der Waals surface area contributed by atoms with Gasteiger partial charge in [-0.15, -0.1) is 5.10 Å². The molecule has 3 rings (SSSR count). The Morgan fingerprint density at radius 1 is 1.10 bits per heavy atom. The van der Waals surface area contributed by atoms with Crippen LogP contribution in [0.25, 0.3) is 17.1 Å². The molecule has 0 aliphatic rings. The van der Waals surface area contributed by atoms with Gasteiger partial charge in [-0.05, 0) is 48.9 Å². The first-order valence-electron chi connectivity index (χ1n) is 6.09. The van der Waals surface area contributed by atoms with Crippen LogP contribution in [-0.2, 0) is 0 Å². The molecule has 0 aliphatic carbocycles. The molecular formula is C15H11ClFN3. The SMILES string of the molecule is Cc1cccc(-c2nc(Cl)nn2-c2ccc(F)cc2)c1. The lowest BCUT2D eigenvalue weighted by molar-refractivity contribution is 0.627. The molecule has 5 heteroatoms. The van der Waals surface area contributed by atoms with Crippen LogP contribution in [0.15, 0.2) is 48.5 Å². The normalized spacial score (nSPS) is 10.8. The maximum atomic E-state index is 13.0. The summed E-state index contributed by atoms with van der Waals surface area (Å²) in [5.41, 5.74) is 2.74. The second-order valence-corrected chi connectivity index (χ2v) is 4.80. The zero-order chi connectivity index (χ0) is 14.1. The third-order valence-corrected chi connectivity index (χ3v) is 3.09. The van der Waals surface area contributed by atoms with Crippen molar-refractivity contribution in [1.82, 2.24) is 14.8 Å². The summed E-state index contributed by atoms with van der Waals surface area (Å²) in [7, 11) is 0. The van der Waals surface area contributed by atoms with Crippen LogP contribution in [0.1, 0.15) is 5.56 Å². The minimum absolute atomic E-state index is 0.158. The fourth-order valence-corrected chi connectivity index (χ4v) is 2.18. The van der Waals surface area contributed by atoms with Gasteiger partial charge in [0.1, 0.15) is 5.82 Å². The molecule has 1 heterocycles. The maximum Gasteiger partial charge on any atom is 0.243 e. The molecule has 0 spiro atoms. The van der Waals surface area contributed by atoms with Crippen molar-refractivity contribution in [2.45, 2.75) is 6.92 Å². The predicted molar refractivity (Wildman–Crippen MR) is 76.5 cm³/mol. The van der Waals surface area contributed by atoms with Gasteiger partial charge < -0.3 is 0 Å². The summed E-state index contributed by atoms with van der Waals surface area (Å²) in [6.07, 6.45) is 0. The lowest BCUT2D eigenvalue weighted by Crippen LogP contribution is -1.99. The summed E-state index contributed by atoms with van der Waals surface area (Å²) in [6.45, 7) is 2.00. The highest BCUT2D eigenvalue weighted by Crippen LogP contribution is 2.23. The number of halogens is 2. The summed E-state index contributed by atoms with van der Waals surface area (Å²) in [6, 6.07) is 13.9. The van der Waals surface area contributed by atoms with Crippen molar-refractivity contribution in [2.75, 3.05) is 0 Å². The third kappa shape index (κ3) is 2.42. The monoisotopic (exact) mass is 287 g/mol. The van der Waals surface area contributed by atoms with Crippen molar-refractivity contribution in [3.05, 3.63) is 65.2 Å². The van der Waals surface area contributed by atoms with Crippen LogP contribution >= 0.6 is 11.6 Å². The van der Waals surface area contributed by atoms with E-state index in [0.29, 0.717) is 11.5 Å². The quantitative estimate of drug-likeness (QED) is 0.712. The largest absolute Gasteiger partial charge is 0.243 e. The van der Waals surface area contributed by atoms with Crippen LogP contribution in [-0.4, -0.2) is 14.8 Å². The summed E-state index contributed by atoms with van der Waals surface area (Å²) in [5.74, 6) is 0.336. The van der Waals surface area contributed by atoms with Crippen molar-refractivity contribution in [3.63, 3.8) is 0 Å². The Balaban J connectivity index is 2.15. The van der Waals surface area contributed by atoms with E-state index in [4.69, 9.17) is 11.6 Å². The highest BCUT2D eigenvalue weighted by Gasteiger charge is 2.12. The molecule has 0 radical (unpaired) electrons. The molecular weight excluding hydrogens is 277 g/mol. The predicted octanol–water partition coefficient (Wildman–Crippen LogP) is 4.04. The molecule has 0 saturated carbocycles. The zero-order valence-electron chi connectivity index (χ0n) is 10.7. The molecule has 0 atom stereocenters. The van der Waals surface area contributed by atoms with Gasteiger partial charge in [-0.25, -0.2) is 9.07 Å². The number of hydrogen-bond donors (Lipinski definition) is 0. The van der Waals surface area contributed by atoms with E-state index in [0.717, 1.165) is 11.1 Å². The second kappa shape index (κ2) is 5.06. The fraction of sp³-hybridized carbons (Fsp3) is 0.0667. The Hall–Kier alpha value is -2.20. The molecule has 0 bridgehead atoms. The van der Waals surface area contributed by atoms with Crippen LogP contribution in [0.5, 0.6) is 0 Å². The van der Waals surface area contributed by atoms with Gasteiger partial charge in [0.05, 0.1) is 5.69 Å². The average Bonchev–Trinajstić information content (AvgIpc) is 2.82. The Morgan fingerprint density at radius 3 is 2.55 bits per heavy atom. The molecule has 20 heavy (non-hydrogen) atoms. The van der Waals surface area contributed by atoms with Crippen molar-refractivity contribution in [2.24, 2.45) is 0 Å². The molecule has 0 amide bonds. The van der Waals surface area contributed by atoms with Crippen LogP contribution < -0.4 is 0 Å². The van der Waals surface area contributed by atoms with Crippen molar-refractivity contribution in [3.8, 4) is 17.1 Å². The standard InChI is InChI=1S/C15H11ClFN3/c1-10-3-2-4-11(9-10)14-18-15(16)19-20(14)13-7-5-12(17)6-8-13/h2-9H,1H3. The van der Waals surface area contributed by atoms with Crippen LogP contribution in [0.3, 0.4) is 0 Å². The molecule has 0 aliphatic heterocycles. The Bertz CT molecular complexity index is 750. The van der Waals surface area contributed by atoms with Crippen molar-refractivity contribution < 1.29 is 4.39 Å². The molecule has 1 aromatic heterocycles. The van der Waals surface area contributed by atoms with Crippen LogP contribution in [0.4, 0.5) is 4.39 Å². The van der Waals surface area contributed by atoms with Crippen molar-refractivity contribution >= 4 is 11.6 Å². The lowest BCUT2D eigenvalue weighted by atomic mass is 10.1. The van der Waals surface area contributed by atoms with Gasteiger partial charge in [0, 0.05) is 5.56 Å². The van der Waals surface area contributed by atoms with E-state index in [-0.39, 0.29) is 11.1 Å². The van der Waals surface area contributed by atoms with Gasteiger partial charge >= 0.3 is 0 Å². The van der Waals surface area contributed by atoms with E-state index in [9.17, 15) is 4.39 Å². The number of aromatic nitrogens is 3. The minimum atomic E-state index is -0.294. The second-order valence-electron chi connectivity index (χ2n) is 4.46. The number of benzene rings is 2. The topological polar surface area (TPSA) is 30.7 Å². The molecule has 0 saturated heterocycles. The minimum Gasteiger partial charge on any atom is -0.212 e. The van der Waals surface area contributed by atoms with E-state index in [2.05, 4.69) is 10.1 Å². The first kappa shape index (κ1) is 12.8. The zero-order valence-corrected chi connectivity index (χ0v) is 11.5. The van der Waals surface area contributed by atoms with E-state index in [1.165, 1.54) is 12.1 Å². The van der Waals surface area contributed by atoms with E-state index in [1.807, 2.05) is 31.2 Å². The first-order valence-corrected chi connectivity index (χ1v) is 6.47. The summed E-state index contributed by atoms with van der Waals surface area (Å²) < 4.78 is 14.6. The Kier molecular flexibility index (Phi) is 3.24. The number of aryl methyl sites for hydroxylation is 1. The number of rotatable bonds is 2. The van der Waals surface area contributed by atoms with Gasteiger partial charge in [0.25, 0.3) is 0 Å². The molecule has 0 unspecified atom stereocenters. The lowest BCUT2D eigenvalue weighted by Gasteiger charge is -2.06. The molecule has 100 valence electrons. The molecule has 2 aromatic carbocycles. The summed E-state index contributed by atoms with van der Waals surface area (Å²) in [4.78, 5) is 4.24. The molecule has 3 nitrogen and oxygen atoms in total. The van der Waals surface area contributed by atoms with E-state index < -0.39 is 0 Å². The Labute approximate surface area is 120 Å². The Morgan fingerprint density at radius 2 is 1.85 bits per heavy atom. The fourth-order valence-electron chi connectivity index (χ4n) is 2.02. The van der Waals surface area contributed by atoms with Gasteiger partial charge in [0.15, 0.2) is 5.82 Å². The van der Waals surface area contributed by atoms with Crippen LogP contribution in [0, 0.1) is 12.7 Å². The molecule has 0 fully saturated rings. The molecule has 3 aromatic rings. The highest BCUT2D eigenvalue weighted by molar-refractivity contribution is 6.28. The van der Waals surface area contributed by atoms with Gasteiger partial charge in [-0.2, -0.15) is 4.98 Å². The number of hydrogen-bond acceptors (Lipinski definition) is 2. The number of nitrogens with zero attached hydrogens (tertiary/aromatic N) is 3. The van der Waals surface area contributed by atoms with Crippen LogP contribution in [0.2, 0.25) is 5.28 Å². The molecule has 0 N–H and O–H groups in total. The van der Waals surface area contributed by atoms with Gasteiger partial charge in [0.2, 0.25) is 5.28 Å². The maximum absolute atomic E-state index is 13.0.